The minimum Gasteiger partial charge on any atom is -0.396 e. The number of thiazole rings is 1. The van der Waals surface area contributed by atoms with Crippen LogP contribution in [0.15, 0.2) is 36.0 Å². The summed E-state index contributed by atoms with van der Waals surface area (Å²) >= 11 is 1.68. The quantitative estimate of drug-likeness (QED) is 0.860. The van der Waals surface area contributed by atoms with Crippen molar-refractivity contribution in [3.63, 3.8) is 0 Å². The molecule has 0 saturated carbocycles. The number of hydrogen-bond acceptors (Lipinski definition) is 5. The molecule has 1 aromatic heterocycles. The van der Waals surface area contributed by atoms with E-state index < -0.39 is 0 Å². The Balaban J connectivity index is 1.48. The van der Waals surface area contributed by atoms with Crippen molar-refractivity contribution in [1.82, 2.24) is 10.3 Å². The first-order valence-electron chi connectivity index (χ1n) is 7.88. The molecule has 0 spiro atoms. The van der Waals surface area contributed by atoms with Gasteiger partial charge in [0.15, 0.2) is 0 Å². The molecule has 3 rings (SSSR count). The highest BCUT2D eigenvalue weighted by molar-refractivity contribution is 7.09. The predicted molar refractivity (Wildman–Crippen MR) is 91.1 cm³/mol. The molecule has 2 aromatic rings. The number of benzene rings is 1. The summed E-state index contributed by atoms with van der Waals surface area (Å²) < 4.78 is 0. The van der Waals surface area contributed by atoms with Crippen molar-refractivity contribution in [1.29, 1.82) is 0 Å². The lowest BCUT2D eigenvalue weighted by atomic mass is 9.97. The van der Waals surface area contributed by atoms with Crippen molar-refractivity contribution in [2.75, 3.05) is 24.6 Å². The molecule has 5 heteroatoms. The van der Waals surface area contributed by atoms with Gasteiger partial charge in [0, 0.05) is 49.5 Å². The maximum atomic E-state index is 9.21. The van der Waals surface area contributed by atoms with Crippen LogP contribution < -0.4 is 10.2 Å². The molecule has 1 aliphatic heterocycles. The van der Waals surface area contributed by atoms with Gasteiger partial charge in [-0.15, -0.1) is 11.3 Å². The molecule has 1 saturated heterocycles. The van der Waals surface area contributed by atoms with Crippen LogP contribution in [0, 0.1) is 5.92 Å². The number of rotatable bonds is 6. The fourth-order valence-corrected chi connectivity index (χ4v) is 3.42. The summed E-state index contributed by atoms with van der Waals surface area (Å²) in [5.74, 6) is 0.492. The largest absolute Gasteiger partial charge is 0.396 e. The summed E-state index contributed by atoms with van der Waals surface area (Å²) in [6.45, 7) is 4.19. The Labute approximate surface area is 135 Å². The number of nitrogens with one attached hydrogen (secondary N) is 1. The Morgan fingerprint density at radius 2 is 1.95 bits per heavy atom. The van der Waals surface area contributed by atoms with Crippen molar-refractivity contribution < 1.29 is 5.11 Å². The van der Waals surface area contributed by atoms with E-state index in [1.807, 2.05) is 11.7 Å². The lowest BCUT2D eigenvalue weighted by Gasteiger charge is -2.33. The van der Waals surface area contributed by atoms with Crippen molar-refractivity contribution in [2.45, 2.75) is 25.9 Å². The molecule has 4 nitrogen and oxygen atoms in total. The number of nitrogens with zero attached hydrogens (tertiary/aromatic N) is 2. The van der Waals surface area contributed by atoms with Crippen LogP contribution >= 0.6 is 11.3 Å². The number of aliphatic hydroxyl groups is 1. The lowest BCUT2D eigenvalue weighted by molar-refractivity contribution is 0.203. The Morgan fingerprint density at radius 1 is 1.18 bits per heavy atom. The predicted octanol–water partition coefficient (Wildman–Crippen LogP) is 2.64. The molecular weight excluding hydrogens is 294 g/mol. The second kappa shape index (κ2) is 7.72. The van der Waals surface area contributed by atoms with Gasteiger partial charge in [0.2, 0.25) is 0 Å². The summed E-state index contributed by atoms with van der Waals surface area (Å²) in [6.07, 6.45) is 4.10. The molecule has 0 atom stereocenters. The molecule has 2 heterocycles. The Kier molecular flexibility index (Phi) is 5.43. The van der Waals surface area contributed by atoms with Gasteiger partial charge in [-0.3, -0.25) is 4.98 Å². The Hall–Kier alpha value is -1.43. The third-order valence-electron chi connectivity index (χ3n) is 4.29. The first kappa shape index (κ1) is 15.5. The van der Waals surface area contributed by atoms with E-state index in [-0.39, 0.29) is 0 Å². The lowest BCUT2D eigenvalue weighted by Crippen LogP contribution is -2.34. The zero-order valence-corrected chi connectivity index (χ0v) is 13.6. The zero-order chi connectivity index (χ0) is 15.2. The highest BCUT2D eigenvalue weighted by Crippen LogP contribution is 2.23. The van der Waals surface area contributed by atoms with Crippen LogP contribution in [0.5, 0.6) is 0 Å². The van der Waals surface area contributed by atoms with Crippen LogP contribution in [0.4, 0.5) is 5.69 Å². The molecule has 1 aromatic carbocycles. The molecule has 0 aliphatic carbocycles. The molecule has 1 fully saturated rings. The van der Waals surface area contributed by atoms with Crippen LogP contribution in [0.1, 0.15) is 23.3 Å². The maximum Gasteiger partial charge on any atom is 0.0794 e. The van der Waals surface area contributed by atoms with Crippen molar-refractivity contribution >= 4 is 17.0 Å². The monoisotopic (exact) mass is 317 g/mol. The van der Waals surface area contributed by atoms with Crippen LogP contribution in [-0.4, -0.2) is 29.8 Å². The second-order valence-electron chi connectivity index (χ2n) is 5.85. The second-order valence-corrected chi connectivity index (χ2v) is 6.82. The number of hydrogen-bond donors (Lipinski definition) is 2. The van der Waals surface area contributed by atoms with E-state index in [1.165, 1.54) is 16.1 Å². The van der Waals surface area contributed by atoms with E-state index >= 15 is 0 Å². The normalized spacial score (nSPS) is 16.1. The van der Waals surface area contributed by atoms with Crippen molar-refractivity contribution in [2.24, 2.45) is 5.92 Å². The number of piperidine rings is 1. The van der Waals surface area contributed by atoms with Crippen molar-refractivity contribution in [3.05, 3.63) is 46.4 Å². The van der Waals surface area contributed by atoms with Gasteiger partial charge < -0.3 is 15.3 Å². The van der Waals surface area contributed by atoms with E-state index in [4.69, 9.17) is 0 Å². The molecule has 22 heavy (non-hydrogen) atoms. The topological polar surface area (TPSA) is 48.4 Å². The first-order valence-corrected chi connectivity index (χ1v) is 8.76. The van der Waals surface area contributed by atoms with Gasteiger partial charge in [-0.25, -0.2) is 0 Å². The van der Waals surface area contributed by atoms with E-state index in [0.29, 0.717) is 12.5 Å². The summed E-state index contributed by atoms with van der Waals surface area (Å²) in [4.78, 5) is 7.76. The summed E-state index contributed by atoms with van der Waals surface area (Å²) in [7, 11) is 0. The van der Waals surface area contributed by atoms with Gasteiger partial charge in [0.1, 0.15) is 0 Å². The van der Waals surface area contributed by atoms with Gasteiger partial charge in [0.25, 0.3) is 0 Å². The SMILES string of the molecule is OCC1CCN(c2ccc(CNCc3cncs3)cc2)CC1. The van der Waals surface area contributed by atoms with Gasteiger partial charge >= 0.3 is 0 Å². The zero-order valence-electron chi connectivity index (χ0n) is 12.7. The van der Waals surface area contributed by atoms with Gasteiger partial charge in [-0.2, -0.15) is 0 Å². The summed E-state index contributed by atoms with van der Waals surface area (Å²) in [5.41, 5.74) is 4.47. The molecule has 0 amide bonds. The molecule has 118 valence electrons. The van der Waals surface area contributed by atoms with Crippen LogP contribution in [0.3, 0.4) is 0 Å². The molecule has 0 radical (unpaired) electrons. The highest BCUT2D eigenvalue weighted by Gasteiger charge is 2.18. The van der Waals surface area contributed by atoms with Crippen LogP contribution in [-0.2, 0) is 13.1 Å². The Morgan fingerprint density at radius 3 is 2.59 bits per heavy atom. The fraction of sp³-hybridized carbons (Fsp3) is 0.471. The molecule has 0 bridgehead atoms. The highest BCUT2D eigenvalue weighted by atomic mass is 32.1. The Bertz CT molecular complexity index is 548. The molecule has 0 unspecified atom stereocenters. The molecular formula is C17H23N3OS. The number of anilines is 1. The average molecular weight is 317 g/mol. The maximum absolute atomic E-state index is 9.21. The third kappa shape index (κ3) is 4.06. The third-order valence-corrected chi connectivity index (χ3v) is 5.07. The smallest absolute Gasteiger partial charge is 0.0794 e. The molecule has 1 aliphatic rings. The standard InChI is InChI=1S/C17H23N3OS/c21-12-15-5-7-20(8-6-15)16-3-1-14(2-4-16)9-18-10-17-11-19-13-22-17/h1-4,11,13,15,18,21H,5-10,12H2. The minimum absolute atomic E-state index is 0.332. The van der Waals surface area contributed by atoms with E-state index in [9.17, 15) is 5.11 Å². The first-order chi connectivity index (χ1) is 10.8. The van der Waals surface area contributed by atoms with Crippen LogP contribution in [0.25, 0.3) is 0 Å². The van der Waals surface area contributed by atoms with E-state index in [2.05, 4.69) is 39.5 Å². The van der Waals surface area contributed by atoms with E-state index in [1.54, 1.807) is 11.3 Å². The summed E-state index contributed by atoms with van der Waals surface area (Å²) in [5, 5.41) is 12.7. The fourth-order valence-electron chi connectivity index (χ4n) is 2.86. The van der Waals surface area contributed by atoms with Gasteiger partial charge in [-0.1, -0.05) is 12.1 Å². The summed E-state index contributed by atoms with van der Waals surface area (Å²) in [6, 6.07) is 8.83. The number of aromatic nitrogens is 1. The van der Waals surface area contributed by atoms with E-state index in [0.717, 1.165) is 39.0 Å². The van der Waals surface area contributed by atoms with Gasteiger partial charge in [0.05, 0.1) is 5.51 Å². The van der Waals surface area contributed by atoms with Crippen LogP contribution in [0.2, 0.25) is 0 Å². The molecule has 2 N–H and O–H groups in total. The van der Waals surface area contributed by atoms with Crippen molar-refractivity contribution in [3.8, 4) is 0 Å². The average Bonchev–Trinajstić information content (AvgIpc) is 3.09. The number of aliphatic hydroxyl groups excluding tert-OH is 1. The van der Waals surface area contributed by atoms with Gasteiger partial charge in [-0.05, 0) is 36.5 Å². The minimum atomic E-state index is 0.332.